The monoisotopic (exact) mass is 274 g/mol. The summed E-state index contributed by atoms with van der Waals surface area (Å²) in [6, 6.07) is 6.28. The van der Waals surface area contributed by atoms with Crippen LogP contribution in [0.25, 0.3) is 10.1 Å². The largest absolute Gasteiger partial charge is 0.122 e. The van der Waals surface area contributed by atoms with E-state index in [1.54, 1.807) is 11.3 Å². The van der Waals surface area contributed by atoms with Gasteiger partial charge in [0.1, 0.15) is 0 Å². The van der Waals surface area contributed by atoms with Crippen LogP contribution < -0.4 is 0 Å². The molecule has 68 valence electrons. The van der Waals surface area contributed by atoms with Gasteiger partial charge >= 0.3 is 0 Å². The molecule has 0 saturated heterocycles. The molecular weight excluding hydrogens is 268 g/mol. The minimum absolute atomic E-state index is 0.851. The maximum absolute atomic E-state index is 5.95. The molecule has 0 nitrogen and oxygen atoms in total. The SMILES string of the molecule is CCc1ccc2cc(Cl)sc2c1Br. The summed E-state index contributed by atoms with van der Waals surface area (Å²) in [5.74, 6) is 0. The number of halogens is 2. The normalized spacial score (nSPS) is 11.0. The number of thiophene rings is 1. The summed E-state index contributed by atoms with van der Waals surface area (Å²) >= 11 is 11.2. The molecule has 0 aliphatic rings. The van der Waals surface area contributed by atoms with Crippen LogP contribution in [0.3, 0.4) is 0 Å². The average molecular weight is 276 g/mol. The maximum Gasteiger partial charge on any atom is 0.0941 e. The molecule has 0 bridgehead atoms. The van der Waals surface area contributed by atoms with Gasteiger partial charge in [-0.05, 0) is 39.4 Å². The number of rotatable bonds is 1. The summed E-state index contributed by atoms with van der Waals surface area (Å²) in [6.07, 6.45) is 1.05. The first-order chi connectivity index (χ1) is 6.22. The van der Waals surface area contributed by atoms with Crippen LogP contribution in [0.2, 0.25) is 4.34 Å². The molecule has 0 atom stereocenters. The molecule has 2 rings (SSSR count). The number of fused-ring (bicyclic) bond motifs is 1. The lowest BCUT2D eigenvalue weighted by atomic mass is 10.1. The Kier molecular flexibility index (Phi) is 2.63. The lowest BCUT2D eigenvalue weighted by Crippen LogP contribution is -1.80. The van der Waals surface area contributed by atoms with E-state index in [1.165, 1.54) is 20.1 Å². The van der Waals surface area contributed by atoms with Gasteiger partial charge < -0.3 is 0 Å². The van der Waals surface area contributed by atoms with E-state index in [4.69, 9.17) is 11.6 Å². The van der Waals surface area contributed by atoms with Crippen molar-refractivity contribution in [2.75, 3.05) is 0 Å². The van der Waals surface area contributed by atoms with Crippen molar-refractivity contribution in [3.8, 4) is 0 Å². The fourth-order valence-corrected chi connectivity index (χ4v) is 3.43. The van der Waals surface area contributed by atoms with Crippen LogP contribution in [0, 0.1) is 0 Å². The molecule has 1 heterocycles. The second-order valence-corrected chi connectivity index (χ2v) is 5.34. The van der Waals surface area contributed by atoms with E-state index in [2.05, 4.69) is 35.0 Å². The van der Waals surface area contributed by atoms with Gasteiger partial charge in [-0.15, -0.1) is 11.3 Å². The molecule has 0 aliphatic carbocycles. The van der Waals surface area contributed by atoms with E-state index >= 15 is 0 Å². The highest BCUT2D eigenvalue weighted by Crippen LogP contribution is 2.36. The Morgan fingerprint density at radius 1 is 1.46 bits per heavy atom. The van der Waals surface area contributed by atoms with E-state index in [0.29, 0.717) is 0 Å². The Labute approximate surface area is 94.7 Å². The minimum Gasteiger partial charge on any atom is -0.122 e. The zero-order valence-electron chi connectivity index (χ0n) is 7.10. The smallest absolute Gasteiger partial charge is 0.0941 e. The van der Waals surface area contributed by atoms with Gasteiger partial charge in [-0.3, -0.25) is 0 Å². The Morgan fingerprint density at radius 3 is 2.92 bits per heavy atom. The number of hydrogen-bond donors (Lipinski definition) is 0. The van der Waals surface area contributed by atoms with Crippen LogP contribution in [-0.4, -0.2) is 0 Å². The van der Waals surface area contributed by atoms with E-state index in [9.17, 15) is 0 Å². The van der Waals surface area contributed by atoms with Crippen LogP contribution in [-0.2, 0) is 6.42 Å². The Bertz CT molecular complexity index is 447. The molecule has 0 aliphatic heterocycles. The lowest BCUT2D eigenvalue weighted by Gasteiger charge is -2.00. The zero-order chi connectivity index (χ0) is 9.42. The predicted molar refractivity (Wildman–Crippen MR) is 63.9 cm³/mol. The van der Waals surface area contributed by atoms with Gasteiger partial charge in [0.2, 0.25) is 0 Å². The van der Waals surface area contributed by atoms with Crippen LogP contribution in [0.5, 0.6) is 0 Å². The number of benzene rings is 1. The first kappa shape index (κ1) is 9.50. The third kappa shape index (κ3) is 1.63. The standard InChI is InChI=1S/C10H8BrClS/c1-2-6-3-4-7-5-8(12)13-10(7)9(6)11/h3-5H,2H2,1H3. The molecule has 1 aromatic carbocycles. The van der Waals surface area contributed by atoms with Gasteiger partial charge in [0.15, 0.2) is 0 Å². The highest BCUT2D eigenvalue weighted by Gasteiger charge is 2.06. The van der Waals surface area contributed by atoms with Crippen molar-refractivity contribution in [2.45, 2.75) is 13.3 Å². The third-order valence-corrected chi connectivity index (χ3v) is 4.52. The quantitative estimate of drug-likeness (QED) is 0.696. The van der Waals surface area contributed by atoms with E-state index < -0.39 is 0 Å². The van der Waals surface area contributed by atoms with Crippen LogP contribution in [0.4, 0.5) is 0 Å². The van der Waals surface area contributed by atoms with E-state index in [-0.39, 0.29) is 0 Å². The summed E-state index contributed by atoms with van der Waals surface area (Å²) in [7, 11) is 0. The molecule has 0 unspecified atom stereocenters. The van der Waals surface area contributed by atoms with Crippen LogP contribution >= 0.6 is 38.9 Å². The second kappa shape index (κ2) is 3.60. The number of hydrogen-bond acceptors (Lipinski definition) is 1. The fourth-order valence-electron chi connectivity index (χ4n) is 1.35. The Hall–Kier alpha value is -0.0500. The summed E-state index contributed by atoms with van der Waals surface area (Å²) < 4.78 is 3.30. The molecule has 0 amide bonds. The first-order valence-electron chi connectivity index (χ1n) is 4.08. The van der Waals surface area contributed by atoms with Crippen LogP contribution in [0.1, 0.15) is 12.5 Å². The molecule has 0 radical (unpaired) electrons. The van der Waals surface area contributed by atoms with Crippen molar-refractivity contribution in [1.29, 1.82) is 0 Å². The molecule has 0 saturated carbocycles. The maximum atomic E-state index is 5.95. The number of aryl methyl sites for hydroxylation is 1. The molecule has 0 N–H and O–H groups in total. The summed E-state index contributed by atoms with van der Waals surface area (Å²) in [5, 5.41) is 1.22. The predicted octanol–water partition coefficient (Wildman–Crippen LogP) is 4.88. The lowest BCUT2D eigenvalue weighted by molar-refractivity contribution is 1.14. The minimum atomic E-state index is 0.851. The molecule has 0 fully saturated rings. The van der Waals surface area contributed by atoms with E-state index in [1.807, 2.05) is 6.07 Å². The Balaban J connectivity index is 2.78. The van der Waals surface area contributed by atoms with Gasteiger partial charge in [0.05, 0.1) is 9.04 Å². The molecular formula is C10H8BrClS. The van der Waals surface area contributed by atoms with Crippen molar-refractivity contribution < 1.29 is 0 Å². The van der Waals surface area contributed by atoms with Crippen molar-refractivity contribution in [3.05, 3.63) is 32.6 Å². The summed E-state index contributed by atoms with van der Waals surface area (Å²) in [6.45, 7) is 2.15. The topological polar surface area (TPSA) is 0 Å². The van der Waals surface area contributed by atoms with Crippen molar-refractivity contribution >= 4 is 49.0 Å². The van der Waals surface area contributed by atoms with E-state index in [0.717, 1.165) is 10.8 Å². The second-order valence-electron chi connectivity index (χ2n) is 2.86. The highest BCUT2D eigenvalue weighted by molar-refractivity contribution is 9.10. The Morgan fingerprint density at radius 2 is 2.23 bits per heavy atom. The van der Waals surface area contributed by atoms with Gasteiger partial charge in [0, 0.05) is 4.47 Å². The molecule has 0 spiro atoms. The van der Waals surface area contributed by atoms with Gasteiger partial charge in [-0.2, -0.15) is 0 Å². The average Bonchev–Trinajstić information content (AvgIpc) is 2.47. The van der Waals surface area contributed by atoms with Crippen molar-refractivity contribution in [3.63, 3.8) is 0 Å². The molecule has 1 aromatic heterocycles. The zero-order valence-corrected chi connectivity index (χ0v) is 10.3. The van der Waals surface area contributed by atoms with Gasteiger partial charge in [-0.25, -0.2) is 0 Å². The third-order valence-electron chi connectivity index (χ3n) is 2.06. The molecule has 2 aromatic rings. The highest BCUT2D eigenvalue weighted by atomic mass is 79.9. The molecule has 3 heteroatoms. The van der Waals surface area contributed by atoms with Gasteiger partial charge in [-0.1, -0.05) is 30.7 Å². The van der Waals surface area contributed by atoms with Crippen molar-refractivity contribution in [1.82, 2.24) is 0 Å². The fraction of sp³-hybridized carbons (Fsp3) is 0.200. The summed E-state index contributed by atoms with van der Waals surface area (Å²) in [5.41, 5.74) is 1.34. The van der Waals surface area contributed by atoms with Crippen LogP contribution in [0.15, 0.2) is 22.7 Å². The summed E-state index contributed by atoms with van der Waals surface area (Å²) in [4.78, 5) is 0. The van der Waals surface area contributed by atoms with Crippen molar-refractivity contribution in [2.24, 2.45) is 0 Å². The molecule has 13 heavy (non-hydrogen) atoms. The first-order valence-corrected chi connectivity index (χ1v) is 6.07. The van der Waals surface area contributed by atoms with Gasteiger partial charge in [0.25, 0.3) is 0 Å².